The topological polar surface area (TPSA) is 84.9 Å². The Balaban J connectivity index is 1.92. The maximum Gasteiger partial charge on any atom is 0.337 e. The van der Waals surface area contributed by atoms with Crippen molar-refractivity contribution >= 4 is 11.9 Å². The summed E-state index contributed by atoms with van der Waals surface area (Å²) in [7, 11) is 2.90. The smallest absolute Gasteiger partial charge is 0.337 e. The average molecular weight is 357 g/mol. The van der Waals surface area contributed by atoms with E-state index >= 15 is 0 Å². The minimum absolute atomic E-state index is 0.0939. The lowest BCUT2D eigenvalue weighted by Crippen LogP contribution is -2.42. The van der Waals surface area contributed by atoms with E-state index in [0.717, 1.165) is 11.3 Å². The summed E-state index contributed by atoms with van der Waals surface area (Å²) < 4.78 is 9.73. The second kappa shape index (κ2) is 8.49. The summed E-state index contributed by atoms with van der Waals surface area (Å²) in [5.41, 5.74) is 0.608. The van der Waals surface area contributed by atoms with Gasteiger partial charge in [-0.05, 0) is 48.9 Å². The van der Waals surface area contributed by atoms with Gasteiger partial charge in [-0.2, -0.15) is 0 Å². The third-order valence-electron chi connectivity index (χ3n) is 3.94. The molecule has 26 heavy (non-hydrogen) atoms. The van der Waals surface area contributed by atoms with Crippen LogP contribution >= 0.6 is 0 Å². The van der Waals surface area contributed by atoms with Gasteiger partial charge in [-0.3, -0.25) is 4.79 Å². The molecule has 0 aliphatic rings. The second-order valence-electron chi connectivity index (χ2n) is 6.27. The number of methoxy groups -OCH3 is 2. The lowest BCUT2D eigenvalue weighted by Gasteiger charge is -2.24. The Labute approximate surface area is 152 Å². The van der Waals surface area contributed by atoms with E-state index < -0.39 is 11.6 Å². The van der Waals surface area contributed by atoms with Gasteiger partial charge in [0.1, 0.15) is 5.75 Å². The van der Waals surface area contributed by atoms with Crippen molar-refractivity contribution in [3.8, 4) is 5.75 Å². The average Bonchev–Trinajstić information content (AvgIpc) is 2.66. The maximum absolute atomic E-state index is 12.2. The molecule has 0 aliphatic carbocycles. The molecule has 138 valence electrons. The third-order valence-corrected chi connectivity index (χ3v) is 3.94. The number of aliphatic hydroxyl groups is 1. The van der Waals surface area contributed by atoms with Crippen molar-refractivity contribution in [2.24, 2.45) is 0 Å². The number of carbonyl (C=O) groups excluding carboxylic acids is 2. The van der Waals surface area contributed by atoms with Crippen molar-refractivity contribution in [3.05, 3.63) is 65.2 Å². The summed E-state index contributed by atoms with van der Waals surface area (Å²) in [6.07, 6.45) is 0.387. The molecule has 0 aromatic heterocycles. The van der Waals surface area contributed by atoms with Crippen molar-refractivity contribution in [1.29, 1.82) is 0 Å². The summed E-state index contributed by atoms with van der Waals surface area (Å²) in [6.45, 7) is 1.76. The fourth-order valence-corrected chi connectivity index (χ4v) is 2.49. The highest BCUT2D eigenvalue weighted by Crippen LogP contribution is 2.17. The summed E-state index contributed by atoms with van der Waals surface area (Å²) >= 11 is 0. The summed E-state index contributed by atoms with van der Waals surface area (Å²) in [6, 6.07) is 13.5. The van der Waals surface area contributed by atoms with Crippen LogP contribution in [-0.2, 0) is 11.2 Å². The van der Waals surface area contributed by atoms with E-state index in [-0.39, 0.29) is 12.5 Å². The van der Waals surface area contributed by atoms with Crippen molar-refractivity contribution in [3.63, 3.8) is 0 Å². The minimum atomic E-state index is -1.10. The van der Waals surface area contributed by atoms with E-state index in [4.69, 9.17) is 4.74 Å². The second-order valence-corrected chi connectivity index (χ2v) is 6.27. The van der Waals surface area contributed by atoms with Gasteiger partial charge in [0.25, 0.3) is 5.91 Å². The zero-order chi connectivity index (χ0) is 19.2. The summed E-state index contributed by atoms with van der Waals surface area (Å²) in [5, 5.41) is 13.2. The van der Waals surface area contributed by atoms with Crippen LogP contribution in [0.2, 0.25) is 0 Å². The van der Waals surface area contributed by atoms with Crippen LogP contribution < -0.4 is 10.1 Å². The SMILES string of the molecule is COC(=O)c1ccc(C(=O)NCC(C)(O)Cc2ccc(OC)cc2)cc1. The molecule has 0 saturated carbocycles. The first kappa shape index (κ1) is 19.5. The van der Waals surface area contributed by atoms with Crippen LogP contribution in [0.3, 0.4) is 0 Å². The number of esters is 1. The highest BCUT2D eigenvalue weighted by molar-refractivity contribution is 5.96. The minimum Gasteiger partial charge on any atom is -0.497 e. The van der Waals surface area contributed by atoms with Gasteiger partial charge in [0.15, 0.2) is 0 Å². The van der Waals surface area contributed by atoms with E-state index in [1.165, 1.54) is 19.2 Å². The number of carbonyl (C=O) groups is 2. The van der Waals surface area contributed by atoms with E-state index in [0.29, 0.717) is 17.5 Å². The largest absolute Gasteiger partial charge is 0.497 e. The molecule has 2 aromatic rings. The Hall–Kier alpha value is -2.86. The fourth-order valence-electron chi connectivity index (χ4n) is 2.49. The molecule has 2 N–H and O–H groups in total. The van der Waals surface area contributed by atoms with Gasteiger partial charge in [0.05, 0.1) is 25.4 Å². The molecule has 1 unspecified atom stereocenters. The summed E-state index contributed by atoms with van der Waals surface area (Å²) in [5.74, 6) is -0.0344. The Morgan fingerprint density at radius 3 is 2.12 bits per heavy atom. The van der Waals surface area contributed by atoms with Gasteiger partial charge < -0.3 is 19.9 Å². The lowest BCUT2D eigenvalue weighted by molar-refractivity contribution is 0.0552. The van der Waals surface area contributed by atoms with Gasteiger partial charge >= 0.3 is 5.97 Å². The van der Waals surface area contributed by atoms with E-state index in [1.54, 1.807) is 26.2 Å². The number of hydrogen-bond donors (Lipinski definition) is 2. The standard InChI is InChI=1S/C20H23NO5/c1-20(24,12-14-4-10-17(25-2)11-5-14)13-21-18(22)15-6-8-16(9-7-15)19(23)26-3/h4-11,24H,12-13H2,1-3H3,(H,21,22). The van der Waals surface area contributed by atoms with Gasteiger partial charge in [0.2, 0.25) is 0 Å². The van der Waals surface area contributed by atoms with E-state index in [2.05, 4.69) is 10.1 Å². The Morgan fingerprint density at radius 1 is 1.00 bits per heavy atom. The maximum atomic E-state index is 12.2. The van der Waals surface area contributed by atoms with Gasteiger partial charge in [-0.15, -0.1) is 0 Å². The van der Waals surface area contributed by atoms with Crippen LogP contribution in [0.5, 0.6) is 5.75 Å². The summed E-state index contributed by atoms with van der Waals surface area (Å²) in [4.78, 5) is 23.6. The molecule has 0 radical (unpaired) electrons. The molecular formula is C20H23NO5. The lowest BCUT2D eigenvalue weighted by atomic mass is 9.96. The fraction of sp³-hybridized carbons (Fsp3) is 0.300. The molecule has 6 nitrogen and oxygen atoms in total. The molecule has 1 amide bonds. The molecular weight excluding hydrogens is 334 g/mol. The number of amides is 1. The van der Waals surface area contributed by atoms with Crippen molar-refractivity contribution < 1.29 is 24.2 Å². The molecule has 0 aliphatic heterocycles. The zero-order valence-electron chi connectivity index (χ0n) is 15.1. The van der Waals surface area contributed by atoms with Crippen LogP contribution in [-0.4, -0.2) is 43.3 Å². The Bertz CT molecular complexity index is 751. The highest BCUT2D eigenvalue weighted by atomic mass is 16.5. The van der Waals surface area contributed by atoms with Gasteiger partial charge in [-0.25, -0.2) is 4.79 Å². The first-order valence-corrected chi connectivity index (χ1v) is 8.16. The van der Waals surface area contributed by atoms with Crippen LogP contribution in [0.15, 0.2) is 48.5 Å². The molecule has 0 fully saturated rings. The predicted molar refractivity (Wildman–Crippen MR) is 97.4 cm³/mol. The predicted octanol–water partition coefficient (Wildman–Crippen LogP) is 2.21. The molecule has 1 atom stereocenters. The van der Waals surface area contributed by atoms with Crippen LogP contribution in [0.25, 0.3) is 0 Å². The number of nitrogens with one attached hydrogen (secondary N) is 1. The van der Waals surface area contributed by atoms with E-state index in [1.807, 2.05) is 24.3 Å². The number of hydrogen-bond acceptors (Lipinski definition) is 5. The van der Waals surface area contributed by atoms with Gasteiger partial charge in [-0.1, -0.05) is 12.1 Å². The molecule has 0 saturated heterocycles. The van der Waals surface area contributed by atoms with Crippen LogP contribution in [0, 0.1) is 0 Å². The quantitative estimate of drug-likeness (QED) is 0.742. The Kier molecular flexibility index (Phi) is 6.36. The van der Waals surface area contributed by atoms with Crippen LogP contribution in [0.4, 0.5) is 0 Å². The molecule has 2 aromatic carbocycles. The van der Waals surface area contributed by atoms with E-state index in [9.17, 15) is 14.7 Å². The first-order valence-electron chi connectivity index (χ1n) is 8.16. The monoisotopic (exact) mass is 357 g/mol. The van der Waals surface area contributed by atoms with Crippen molar-refractivity contribution in [1.82, 2.24) is 5.32 Å². The van der Waals surface area contributed by atoms with Crippen LogP contribution in [0.1, 0.15) is 33.2 Å². The molecule has 0 heterocycles. The molecule has 0 spiro atoms. The molecule has 2 rings (SSSR count). The highest BCUT2D eigenvalue weighted by Gasteiger charge is 2.22. The van der Waals surface area contributed by atoms with Crippen molar-refractivity contribution in [2.45, 2.75) is 18.9 Å². The Morgan fingerprint density at radius 2 is 1.58 bits per heavy atom. The molecule has 6 heteroatoms. The number of benzene rings is 2. The number of ether oxygens (including phenoxy) is 2. The third kappa shape index (κ3) is 5.32. The van der Waals surface area contributed by atoms with Gasteiger partial charge in [0, 0.05) is 18.5 Å². The normalized spacial score (nSPS) is 12.8. The van der Waals surface area contributed by atoms with Crippen molar-refractivity contribution in [2.75, 3.05) is 20.8 Å². The zero-order valence-corrected chi connectivity index (χ0v) is 15.1. The molecule has 0 bridgehead atoms. The first-order chi connectivity index (χ1) is 12.3. The number of rotatable bonds is 7.